The summed E-state index contributed by atoms with van der Waals surface area (Å²) in [7, 11) is 0. The Morgan fingerprint density at radius 2 is 2.42 bits per heavy atom. The van der Waals surface area contributed by atoms with Gasteiger partial charge in [0.2, 0.25) is 0 Å². The van der Waals surface area contributed by atoms with Crippen molar-refractivity contribution in [3.8, 4) is 10.6 Å². The molecule has 100 valence electrons. The third kappa shape index (κ3) is 2.78. The maximum absolute atomic E-state index is 9.11. The molecule has 3 rings (SSSR count). The highest BCUT2D eigenvalue weighted by atomic mass is 32.1. The molecule has 0 spiro atoms. The minimum atomic E-state index is 0.237. The van der Waals surface area contributed by atoms with Crippen LogP contribution in [0.3, 0.4) is 0 Å². The summed E-state index contributed by atoms with van der Waals surface area (Å²) in [5.41, 5.74) is 2.28. The van der Waals surface area contributed by atoms with E-state index < -0.39 is 0 Å². The Labute approximate surface area is 116 Å². The van der Waals surface area contributed by atoms with Crippen molar-refractivity contribution in [2.45, 2.75) is 19.0 Å². The summed E-state index contributed by atoms with van der Waals surface area (Å²) in [6, 6.07) is 4.49. The number of aromatic nitrogens is 2. The van der Waals surface area contributed by atoms with Crippen LogP contribution < -0.4 is 5.32 Å². The highest BCUT2D eigenvalue weighted by molar-refractivity contribution is 7.13. The number of aliphatic hydroxyl groups excluding tert-OH is 1. The first-order chi connectivity index (χ1) is 9.36. The molecule has 19 heavy (non-hydrogen) atoms. The first kappa shape index (κ1) is 12.6. The number of H-pyrrole nitrogens is 1. The van der Waals surface area contributed by atoms with Crippen molar-refractivity contribution in [1.29, 1.82) is 0 Å². The normalized spacial score (nSPS) is 22.2. The topological polar surface area (TPSA) is 60.9 Å². The predicted octanol–water partition coefficient (Wildman–Crippen LogP) is 2.16. The van der Waals surface area contributed by atoms with E-state index in [4.69, 9.17) is 5.11 Å². The first-order valence-electron chi connectivity index (χ1n) is 6.45. The number of nitrogens with one attached hydrogen (secondary N) is 2. The third-order valence-electron chi connectivity index (χ3n) is 3.45. The van der Waals surface area contributed by atoms with Crippen LogP contribution in [-0.2, 0) is 6.54 Å². The van der Waals surface area contributed by atoms with Gasteiger partial charge < -0.3 is 10.4 Å². The maximum Gasteiger partial charge on any atom is 0.0794 e. The molecule has 2 atom stereocenters. The van der Waals surface area contributed by atoms with E-state index in [1.165, 1.54) is 10.4 Å². The number of hydrogen-bond donors (Lipinski definition) is 3. The van der Waals surface area contributed by atoms with Crippen LogP contribution in [0.25, 0.3) is 10.6 Å². The summed E-state index contributed by atoms with van der Waals surface area (Å²) >= 11 is 1.71. The number of hydrogen-bond acceptors (Lipinski definition) is 4. The van der Waals surface area contributed by atoms with Gasteiger partial charge in [0.15, 0.2) is 0 Å². The van der Waals surface area contributed by atoms with Gasteiger partial charge in [0, 0.05) is 30.7 Å². The van der Waals surface area contributed by atoms with E-state index in [1.807, 2.05) is 12.3 Å². The van der Waals surface area contributed by atoms with Crippen molar-refractivity contribution in [2.24, 2.45) is 5.92 Å². The van der Waals surface area contributed by atoms with Gasteiger partial charge in [-0.25, -0.2) is 0 Å². The van der Waals surface area contributed by atoms with Crippen LogP contribution >= 0.6 is 11.3 Å². The van der Waals surface area contributed by atoms with E-state index >= 15 is 0 Å². The summed E-state index contributed by atoms with van der Waals surface area (Å²) in [5.74, 6) is 0.304. The van der Waals surface area contributed by atoms with Crippen molar-refractivity contribution in [3.05, 3.63) is 41.4 Å². The largest absolute Gasteiger partial charge is 0.396 e. The van der Waals surface area contributed by atoms with Gasteiger partial charge in [0.1, 0.15) is 0 Å². The molecular weight excluding hydrogens is 258 g/mol. The number of thiophene rings is 1. The maximum atomic E-state index is 9.11. The van der Waals surface area contributed by atoms with Gasteiger partial charge in [0.05, 0.1) is 16.8 Å². The molecule has 0 bridgehead atoms. The standard InChI is InChI=1S/C14H17N3OS/c18-9-10-3-4-12(6-10)15-7-11-8-16-17-14(11)13-2-1-5-19-13/h1-5,8,10,12,15,18H,6-7,9H2,(H,16,17)/t10-,12+/m0/s1. The van der Waals surface area contributed by atoms with Crippen molar-refractivity contribution in [1.82, 2.24) is 15.5 Å². The van der Waals surface area contributed by atoms with Crippen molar-refractivity contribution < 1.29 is 5.11 Å². The molecule has 0 saturated carbocycles. The second-order valence-electron chi connectivity index (χ2n) is 4.80. The molecule has 3 N–H and O–H groups in total. The van der Waals surface area contributed by atoms with Crippen LogP contribution in [0.4, 0.5) is 0 Å². The Bertz CT molecular complexity index is 547. The molecule has 2 aromatic rings. The van der Waals surface area contributed by atoms with Gasteiger partial charge >= 0.3 is 0 Å². The SMILES string of the molecule is OC[C@H]1C=C[C@@H](NCc2cn[nH]c2-c2cccs2)C1. The lowest BCUT2D eigenvalue weighted by molar-refractivity contribution is 0.246. The van der Waals surface area contributed by atoms with Gasteiger partial charge in [-0.3, -0.25) is 5.10 Å². The van der Waals surface area contributed by atoms with Crippen molar-refractivity contribution in [3.63, 3.8) is 0 Å². The summed E-state index contributed by atoms with van der Waals surface area (Å²) < 4.78 is 0. The lowest BCUT2D eigenvalue weighted by Crippen LogP contribution is -2.26. The zero-order valence-corrected chi connectivity index (χ0v) is 11.4. The van der Waals surface area contributed by atoms with E-state index in [2.05, 4.69) is 39.1 Å². The van der Waals surface area contributed by atoms with Gasteiger partial charge in [0.25, 0.3) is 0 Å². The quantitative estimate of drug-likeness (QED) is 0.733. The molecule has 0 aromatic carbocycles. The molecule has 5 heteroatoms. The molecule has 2 aromatic heterocycles. The summed E-state index contributed by atoms with van der Waals surface area (Å²) in [6.07, 6.45) is 7.09. The highest BCUT2D eigenvalue weighted by Crippen LogP contribution is 2.26. The molecule has 4 nitrogen and oxygen atoms in total. The Balaban J connectivity index is 1.63. The van der Waals surface area contributed by atoms with E-state index in [9.17, 15) is 0 Å². The first-order valence-corrected chi connectivity index (χ1v) is 7.33. The summed E-state index contributed by atoms with van der Waals surface area (Å²) in [5, 5.41) is 21.9. The number of aromatic amines is 1. The third-order valence-corrected chi connectivity index (χ3v) is 4.33. The van der Waals surface area contributed by atoms with Crippen molar-refractivity contribution >= 4 is 11.3 Å². The van der Waals surface area contributed by atoms with Gasteiger partial charge in [-0.15, -0.1) is 11.3 Å². The Morgan fingerprint density at radius 3 is 3.16 bits per heavy atom. The van der Waals surface area contributed by atoms with Crippen LogP contribution in [0.2, 0.25) is 0 Å². The van der Waals surface area contributed by atoms with E-state index in [0.29, 0.717) is 12.0 Å². The highest BCUT2D eigenvalue weighted by Gasteiger charge is 2.18. The molecule has 1 aliphatic carbocycles. The molecule has 0 fully saturated rings. The Kier molecular flexibility index (Phi) is 3.77. The fourth-order valence-electron chi connectivity index (χ4n) is 2.38. The Morgan fingerprint density at radius 1 is 1.47 bits per heavy atom. The molecule has 0 radical (unpaired) electrons. The zero-order chi connectivity index (χ0) is 13.1. The van der Waals surface area contributed by atoms with Crippen LogP contribution in [0.15, 0.2) is 35.9 Å². The number of nitrogens with zero attached hydrogens (tertiary/aromatic N) is 1. The monoisotopic (exact) mass is 275 g/mol. The molecule has 0 saturated heterocycles. The van der Waals surface area contributed by atoms with Crippen LogP contribution in [0.5, 0.6) is 0 Å². The molecular formula is C14H17N3OS. The fraction of sp³-hybridized carbons (Fsp3) is 0.357. The predicted molar refractivity (Wildman–Crippen MR) is 76.9 cm³/mol. The number of rotatable bonds is 5. The van der Waals surface area contributed by atoms with E-state index in [1.54, 1.807) is 11.3 Å². The smallest absolute Gasteiger partial charge is 0.0794 e. The minimum Gasteiger partial charge on any atom is -0.396 e. The second kappa shape index (κ2) is 5.69. The van der Waals surface area contributed by atoms with E-state index in [0.717, 1.165) is 18.7 Å². The minimum absolute atomic E-state index is 0.237. The fourth-order valence-corrected chi connectivity index (χ4v) is 3.14. The summed E-state index contributed by atoms with van der Waals surface area (Å²) in [6.45, 7) is 1.03. The van der Waals surface area contributed by atoms with Gasteiger partial charge in [-0.05, 0) is 17.9 Å². The van der Waals surface area contributed by atoms with Gasteiger partial charge in [-0.1, -0.05) is 18.2 Å². The summed E-state index contributed by atoms with van der Waals surface area (Å²) in [4.78, 5) is 1.21. The molecule has 0 aliphatic heterocycles. The average molecular weight is 275 g/mol. The lowest BCUT2D eigenvalue weighted by Gasteiger charge is -2.12. The second-order valence-corrected chi connectivity index (χ2v) is 5.75. The van der Waals surface area contributed by atoms with Crippen LogP contribution in [0, 0.1) is 5.92 Å². The van der Waals surface area contributed by atoms with Crippen molar-refractivity contribution in [2.75, 3.05) is 6.61 Å². The lowest BCUT2D eigenvalue weighted by atomic mass is 10.1. The average Bonchev–Trinajstić information content (AvgIpc) is 3.16. The molecule has 0 amide bonds. The molecule has 0 unspecified atom stereocenters. The van der Waals surface area contributed by atoms with Crippen LogP contribution in [-0.4, -0.2) is 28.0 Å². The van der Waals surface area contributed by atoms with Crippen LogP contribution in [0.1, 0.15) is 12.0 Å². The number of aliphatic hydroxyl groups is 1. The molecule has 1 aliphatic rings. The zero-order valence-electron chi connectivity index (χ0n) is 10.5. The molecule has 2 heterocycles. The van der Waals surface area contributed by atoms with Gasteiger partial charge in [-0.2, -0.15) is 5.10 Å². The Hall–Kier alpha value is -1.43. The van der Waals surface area contributed by atoms with E-state index in [-0.39, 0.29) is 6.61 Å².